The van der Waals surface area contributed by atoms with Gasteiger partial charge in [-0.3, -0.25) is 0 Å². The molecule has 0 aromatic heterocycles. The van der Waals surface area contributed by atoms with Crippen molar-refractivity contribution in [1.82, 2.24) is 0 Å². The van der Waals surface area contributed by atoms with Crippen molar-refractivity contribution in [3.8, 4) is 0 Å². The van der Waals surface area contributed by atoms with Gasteiger partial charge in [-0.1, -0.05) is 96.1 Å². The minimum atomic E-state index is 0.232. The summed E-state index contributed by atoms with van der Waals surface area (Å²) in [6.45, 7) is 0. The van der Waals surface area contributed by atoms with Crippen LogP contribution < -0.4 is 0 Å². The fourth-order valence-electron chi connectivity index (χ4n) is 3.98. The van der Waals surface area contributed by atoms with Gasteiger partial charge in [0.15, 0.2) is 0 Å². The fraction of sp³-hybridized carbons (Fsp3) is 1.00. The number of hydrogen-bond acceptors (Lipinski definition) is 1. The number of rotatable bonds is 8. The summed E-state index contributed by atoms with van der Waals surface area (Å²) < 4.78 is 6.07. The molecule has 2 unspecified atom stereocenters. The van der Waals surface area contributed by atoms with Gasteiger partial charge in [-0.25, -0.2) is 0 Å². The molecule has 2 atom stereocenters. The Morgan fingerprint density at radius 3 is 1.43 bits per heavy atom. The lowest BCUT2D eigenvalue weighted by Gasteiger charge is -2.25. The van der Waals surface area contributed by atoms with E-state index in [4.69, 9.17) is 4.74 Å². The first-order chi connectivity index (χ1) is 10.2. The molecule has 2 aliphatic rings. The highest BCUT2D eigenvalue weighted by molar-refractivity contribution is 9.10. The maximum atomic E-state index is 6.07. The average Bonchev–Trinajstić information content (AvgIpc) is 2.53. The van der Waals surface area contributed by atoms with Gasteiger partial charge in [-0.2, -0.15) is 0 Å². The van der Waals surface area contributed by atoms with Crippen LogP contribution in [0.25, 0.3) is 0 Å². The highest BCUT2D eigenvalue weighted by atomic mass is 79.9. The molecule has 0 aromatic rings. The molecule has 2 fully saturated rings. The fourth-order valence-corrected chi connectivity index (χ4v) is 5.32. The van der Waals surface area contributed by atoms with Crippen LogP contribution in [0.3, 0.4) is 0 Å². The highest BCUT2D eigenvalue weighted by Crippen LogP contribution is 2.31. The van der Waals surface area contributed by atoms with Gasteiger partial charge >= 0.3 is 0 Å². The van der Waals surface area contributed by atoms with Crippen LogP contribution in [0.5, 0.6) is 0 Å². The summed E-state index contributed by atoms with van der Waals surface area (Å²) in [5, 5.41) is 0.463. The van der Waals surface area contributed by atoms with Crippen molar-refractivity contribution in [2.75, 3.05) is 0 Å². The molecule has 124 valence electrons. The standard InChI is InChI=1S/C18H32Br2O/c19-17(13-11-15-7-3-1-4-8-15)21-18(20)14-12-16-9-5-2-6-10-16/h15-18H,1-14H2. The Labute approximate surface area is 148 Å². The second kappa shape index (κ2) is 10.6. The zero-order chi connectivity index (χ0) is 14.9. The quantitative estimate of drug-likeness (QED) is 0.376. The molecule has 0 amide bonds. The van der Waals surface area contributed by atoms with Crippen LogP contribution in [-0.4, -0.2) is 10.0 Å². The lowest BCUT2D eigenvalue weighted by molar-refractivity contribution is 0.0790. The van der Waals surface area contributed by atoms with Crippen LogP contribution in [0.4, 0.5) is 0 Å². The molecule has 0 N–H and O–H groups in total. The maximum absolute atomic E-state index is 6.07. The van der Waals surface area contributed by atoms with Crippen molar-refractivity contribution in [3.63, 3.8) is 0 Å². The third-order valence-corrected chi connectivity index (χ3v) is 6.70. The molecule has 2 saturated carbocycles. The molecule has 0 heterocycles. The van der Waals surface area contributed by atoms with Crippen LogP contribution in [0.1, 0.15) is 89.9 Å². The lowest BCUT2D eigenvalue weighted by atomic mass is 9.86. The molecule has 0 radical (unpaired) electrons. The summed E-state index contributed by atoms with van der Waals surface area (Å²) in [7, 11) is 0. The predicted octanol–water partition coefficient (Wildman–Crippen LogP) is 7.17. The van der Waals surface area contributed by atoms with Crippen molar-refractivity contribution in [2.45, 2.75) is 99.9 Å². The molecular formula is C18H32Br2O. The van der Waals surface area contributed by atoms with Gasteiger partial charge in [0, 0.05) is 0 Å². The van der Waals surface area contributed by atoms with E-state index in [1.807, 2.05) is 0 Å². The molecule has 0 aliphatic heterocycles. The summed E-state index contributed by atoms with van der Waals surface area (Å²) in [5.41, 5.74) is 0. The average molecular weight is 424 g/mol. The molecule has 0 spiro atoms. The largest absolute Gasteiger partial charge is 0.353 e. The zero-order valence-corrected chi connectivity index (χ0v) is 16.5. The Morgan fingerprint density at radius 1 is 0.667 bits per heavy atom. The summed E-state index contributed by atoms with van der Waals surface area (Å²) in [6, 6.07) is 0. The Balaban J connectivity index is 1.52. The van der Waals surface area contributed by atoms with Gasteiger partial charge in [0.05, 0.1) is 0 Å². The van der Waals surface area contributed by atoms with Gasteiger partial charge in [0.2, 0.25) is 0 Å². The molecule has 21 heavy (non-hydrogen) atoms. The molecule has 3 heteroatoms. The van der Waals surface area contributed by atoms with Crippen LogP contribution in [0.2, 0.25) is 0 Å². The maximum Gasteiger partial charge on any atom is 0.114 e. The van der Waals surface area contributed by atoms with Crippen molar-refractivity contribution >= 4 is 31.9 Å². The van der Waals surface area contributed by atoms with E-state index < -0.39 is 0 Å². The molecular weight excluding hydrogens is 392 g/mol. The van der Waals surface area contributed by atoms with Crippen molar-refractivity contribution in [1.29, 1.82) is 0 Å². The van der Waals surface area contributed by atoms with E-state index in [0.29, 0.717) is 0 Å². The first-order valence-electron chi connectivity index (χ1n) is 9.17. The second-order valence-corrected chi connectivity index (χ2v) is 9.16. The van der Waals surface area contributed by atoms with Gasteiger partial charge in [-0.15, -0.1) is 0 Å². The van der Waals surface area contributed by atoms with Crippen LogP contribution in [-0.2, 0) is 4.74 Å². The van der Waals surface area contributed by atoms with E-state index in [-0.39, 0.29) is 10.0 Å². The Hall–Kier alpha value is 0.920. The first kappa shape index (κ1) is 18.3. The van der Waals surface area contributed by atoms with Gasteiger partial charge < -0.3 is 4.74 Å². The van der Waals surface area contributed by atoms with Gasteiger partial charge in [0.1, 0.15) is 10.0 Å². The summed E-state index contributed by atoms with van der Waals surface area (Å²) in [4.78, 5) is 0. The number of ether oxygens (including phenoxy) is 1. The van der Waals surface area contributed by atoms with Crippen molar-refractivity contribution < 1.29 is 4.74 Å². The number of halogens is 2. The molecule has 2 rings (SSSR count). The van der Waals surface area contributed by atoms with E-state index in [1.54, 1.807) is 0 Å². The van der Waals surface area contributed by atoms with E-state index in [0.717, 1.165) is 24.7 Å². The highest BCUT2D eigenvalue weighted by Gasteiger charge is 2.19. The van der Waals surface area contributed by atoms with Crippen molar-refractivity contribution in [2.24, 2.45) is 11.8 Å². The molecule has 2 aliphatic carbocycles. The SMILES string of the molecule is BrC(CCC1CCCCC1)OC(Br)CCC1CCCCC1. The topological polar surface area (TPSA) is 9.23 Å². The van der Waals surface area contributed by atoms with Gasteiger partial charge in [0.25, 0.3) is 0 Å². The van der Waals surface area contributed by atoms with Crippen molar-refractivity contribution in [3.05, 3.63) is 0 Å². The molecule has 0 saturated heterocycles. The Morgan fingerprint density at radius 2 is 1.05 bits per heavy atom. The normalized spacial score (nSPS) is 24.9. The summed E-state index contributed by atoms with van der Waals surface area (Å²) in [5.74, 6) is 1.91. The van der Waals surface area contributed by atoms with Crippen LogP contribution >= 0.6 is 31.9 Å². The monoisotopic (exact) mass is 422 g/mol. The zero-order valence-electron chi connectivity index (χ0n) is 13.4. The Bertz CT molecular complexity index is 234. The molecule has 1 nitrogen and oxygen atoms in total. The molecule has 0 bridgehead atoms. The third kappa shape index (κ3) is 7.83. The smallest absolute Gasteiger partial charge is 0.114 e. The number of alkyl halides is 2. The minimum absolute atomic E-state index is 0.232. The second-order valence-electron chi connectivity index (χ2n) is 7.12. The van der Waals surface area contributed by atoms with E-state index in [9.17, 15) is 0 Å². The molecule has 0 aromatic carbocycles. The third-order valence-electron chi connectivity index (χ3n) is 5.35. The van der Waals surface area contributed by atoms with E-state index in [2.05, 4.69) is 31.9 Å². The van der Waals surface area contributed by atoms with Crippen LogP contribution in [0, 0.1) is 11.8 Å². The summed E-state index contributed by atoms with van der Waals surface area (Å²) >= 11 is 7.44. The van der Waals surface area contributed by atoms with Crippen LogP contribution in [0.15, 0.2) is 0 Å². The van der Waals surface area contributed by atoms with E-state index in [1.165, 1.54) is 77.0 Å². The first-order valence-corrected chi connectivity index (χ1v) is 11.0. The van der Waals surface area contributed by atoms with E-state index >= 15 is 0 Å². The predicted molar refractivity (Wildman–Crippen MR) is 98.1 cm³/mol. The minimum Gasteiger partial charge on any atom is -0.353 e. The van der Waals surface area contributed by atoms with Gasteiger partial charge in [-0.05, 0) is 37.5 Å². The summed E-state index contributed by atoms with van der Waals surface area (Å²) in [6.07, 6.45) is 19.5. The Kier molecular flexibility index (Phi) is 9.26. The number of hydrogen-bond donors (Lipinski definition) is 0. The lowest BCUT2D eigenvalue weighted by Crippen LogP contribution is -2.16.